The summed E-state index contributed by atoms with van der Waals surface area (Å²) in [6.45, 7) is 4.08. The van der Waals surface area contributed by atoms with E-state index in [1.807, 2.05) is 13.8 Å². The molecule has 0 saturated heterocycles. The van der Waals surface area contributed by atoms with Crippen molar-refractivity contribution in [2.75, 3.05) is 6.54 Å². The molecule has 0 aromatic carbocycles. The van der Waals surface area contributed by atoms with Crippen LogP contribution in [0.25, 0.3) is 0 Å². The maximum Gasteiger partial charge on any atom is 0.267 e. The molecular weight excluding hydrogens is 272 g/mol. The number of halogens is 1. The summed E-state index contributed by atoms with van der Waals surface area (Å²) in [6, 6.07) is 1.70. The number of hydrogen-bond donors (Lipinski definition) is 3. The topological polar surface area (TPSA) is 65.1 Å². The number of amides is 1. The lowest BCUT2D eigenvalue weighted by molar-refractivity contribution is 0.0313. The Hall–Kier alpha value is -0.810. The normalized spacial score (nSPS) is 11.5. The molecule has 0 spiro atoms. The van der Waals surface area contributed by atoms with Gasteiger partial charge in [-0.25, -0.2) is 0 Å². The molecule has 0 radical (unpaired) electrons. The number of nitrogens with one attached hydrogen (secondary N) is 2. The predicted octanol–water partition coefficient (Wildman–Crippen LogP) is 2.06. The molecule has 0 aliphatic heterocycles. The van der Waals surface area contributed by atoms with Crippen LogP contribution in [0, 0.1) is 0 Å². The molecule has 0 aliphatic rings. The average Bonchev–Trinajstić information content (AvgIpc) is 2.72. The van der Waals surface area contributed by atoms with E-state index < -0.39 is 5.60 Å². The number of carbonyl (C=O) groups is 1. The number of hydrogen-bond acceptors (Lipinski definition) is 2. The van der Waals surface area contributed by atoms with E-state index in [1.54, 1.807) is 12.3 Å². The highest BCUT2D eigenvalue weighted by atomic mass is 79.9. The van der Waals surface area contributed by atoms with Gasteiger partial charge in [0, 0.05) is 17.2 Å². The van der Waals surface area contributed by atoms with Crippen LogP contribution in [0.1, 0.15) is 37.2 Å². The molecular formula is C11H17BrN2O2. The van der Waals surface area contributed by atoms with E-state index >= 15 is 0 Å². The zero-order valence-electron chi connectivity index (χ0n) is 9.51. The van der Waals surface area contributed by atoms with Gasteiger partial charge >= 0.3 is 0 Å². The summed E-state index contributed by atoms with van der Waals surface area (Å²) in [7, 11) is 0. The first-order valence-electron chi connectivity index (χ1n) is 5.35. The molecule has 4 nitrogen and oxygen atoms in total. The SMILES string of the molecule is CCC(O)(CC)CNC(=O)c1cc(Br)c[nH]1. The van der Waals surface area contributed by atoms with Gasteiger partial charge in [0.05, 0.1) is 5.60 Å². The van der Waals surface area contributed by atoms with Crippen molar-refractivity contribution in [3.63, 3.8) is 0 Å². The second-order valence-electron chi connectivity index (χ2n) is 3.85. The van der Waals surface area contributed by atoms with Crippen molar-refractivity contribution in [2.45, 2.75) is 32.3 Å². The van der Waals surface area contributed by atoms with Crippen molar-refractivity contribution < 1.29 is 9.90 Å². The van der Waals surface area contributed by atoms with Crippen LogP contribution in [-0.4, -0.2) is 28.1 Å². The van der Waals surface area contributed by atoms with Crippen LogP contribution in [0.5, 0.6) is 0 Å². The highest BCUT2D eigenvalue weighted by molar-refractivity contribution is 9.10. The van der Waals surface area contributed by atoms with Gasteiger partial charge in [0.2, 0.25) is 0 Å². The van der Waals surface area contributed by atoms with E-state index in [2.05, 4.69) is 26.2 Å². The van der Waals surface area contributed by atoms with Gasteiger partial charge < -0.3 is 15.4 Å². The monoisotopic (exact) mass is 288 g/mol. The Balaban J connectivity index is 2.53. The number of aromatic amines is 1. The van der Waals surface area contributed by atoms with E-state index in [1.165, 1.54) is 0 Å². The molecule has 0 atom stereocenters. The third kappa shape index (κ3) is 3.35. The van der Waals surface area contributed by atoms with Gasteiger partial charge in [0.1, 0.15) is 5.69 Å². The average molecular weight is 289 g/mol. The van der Waals surface area contributed by atoms with Crippen molar-refractivity contribution in [1.82, 2.24) is 10.3 Å². The molecule has 90 valence electrons. The molecule has 5 heteroatoms. The minimum absolute atomic E-state index is 0.203. The summed E-state index contributed by atoms with van der Waals surface area (Å²) in [5.41, 5.74) is -0.319. The van der Waals surface area contributed by atoms with Crippen LogP contribution < -0.4 is 5.32 Å². The van der Waals surface area contributed by atoms with E-state index in [0.29, 0.717) is 18.5 Å². The largest absolute Gasteiger partial charge is 0.388 e. The molecule has 1 heterocycles. The quantitative estimate of drug-likeness (QED) is 0.777. The Labute approximate surface area is 104 Å². The minimum Gasteiger partial charge on any atom is -0.388 e. The van der Waals surface area contributed by atoms with Gasteiger partial charge in [-0.3, -0.25) is 4.79 Å². The first-order chi connectivity index (χ1) is 7.50. The van der Waals surface area contributed by atoms with Crippen molar-refractivity contribution in [3.05, 3.63) is 22.4 Å². The Kier molecular flexibility index (Phi) is 4.56. The van der Waals surface area contributed by atoms with Crippen LogP contribution in [0.4, 0.5) is 0 Å². The van der Waals surface area contributed by atoms with E-state index in [-0.39, 0.29) is 12.5 Å². The second-order valence-corrected chi connectivity index (χ2v) is 4.76. The predicted molar refractivity (Wildman–Crippen MR) is 66.4 cm³/mol. The molecule has 0 bridgehead atoms. The Morgan fingerprint density at radius 1 is 1.56 bits per heavy atom. The Morgan fingerprint density at radius 2 is 2.19 bits per heavy atom. The van der Waals surface area contributed by atoms with E-state index in [9.17, 15) is 9.90 Å². The summed E-state index contributed by atoms with van der Waals surface area (Å²) in [6.07, 6.45) is 2.94. The van der Waals surface area contributed by atoms with Gasteiger partial charge in [-0.2, -0.15) is 0 Å². The molecule has 1 aromatic rings. The lowest BCUT2D eigenvalue weighted by Gasteiger charge is -2.25. The molecule has 0 saturated carbocycles. The summed E-state index contributed by atoms with van der Waals surface area (Å²) in [4.78, 5) is 14.5. The summed E-state index contributed by atoms with van der Waals surface area (Å²) < 4.78 is 0.832. The third-order valence-electron chi connectivity index (χ3n) is 2.79. The molecule has 0 aliphatic carbocycles. The zero-order chi connectivity index (χ0) is 12.2. The standard InChI is InChI=1S/C11H17BrN2O2/c1-3-11(16,4-2)7-14-10(15)9-5-8(12)6-13-9/h5-6,13,16H,3-4,7H2,1-2H3,(H,14,15). The Morgan fingerprint density at radius 3 is 2.62 bits per heavy atom. The van der Waals surface area contributed by atoms with Crippen LogP contribution in [-0.2, 0) is 0 Å². The number of rotatable bonds is 5. The van der Waals surface area contributed by atoms with E-state index in [0.717, 1.165) is 4.47 Å². The summed E-state index contributed by atoms with van der Waals surface area (Å²) >= 11 is 3.26. The summed E-state index contributed by atoms with van der Waals surface area (Å²) in [5.74, 6) is -0.203. The first kappa shape index (κ1) is 13.3. The fourth-order valence-corrected chi connectivity index (χ4v) is 1.68. The van der Waals surface area contributed by atoms with Crippen LogP contribution in [0.3, 0.4) is 0 Å². The highest BCUT2D eigenvalue weighted by Gasteiger charge is 2.23. The second kappa shape index (κ2) is 5.50. The maximum absolute atomic E-state index is 11.7. The molecule has 0 unspecified atom stereocenters. The number of aliphatic hydroxyl groups is 1. The molecule has 1 rings (SSSR count). The highest BCUT2D eigenvalue weighted by Crippen LogP contribution is 2.14. The van der Waals surface area contributed by atoms with Gasteiger partial charge in [0.15, 0.2) is 0 Å². The van der Waals surface area contributed by atoms with Crippen molar-refractivity contribution in [2.24, 2.45) is 0 Å². The fourth-order valence-electron chi connectivity index (χ4n) is 1.34. The molecule has 3 N–H and O–H groups in total. The maximum atomic E-state index is 11.7. The molecule has 1 amide bonds. The fraction of sp³-hybridized carbons (Fsp3) is 0.545. The van der Waals surface area contributed by atoms with Crippen molar-refractivity contribution in [3.8, 4) is 0 Å². The van der Waals surface area contributed by atoms with Gasteiger partial charge in [0.25, 0.3) is 5.91 Å². The number of aromatic nitrogens is 1. The lowest BCUT2D eigenvalue weighted by Crippen LogP contribution is -2.42. The number of H-pyrrole nitrogens is 1. The zero-order valence-corrected chi connectivity index (χ0v) is 11.1. The lowest BCUT2D eigenvalue weighted by atomic mass is 9.97. The number of carbonyl (C=O) groups excluding carboxylic acids is 1. The van der Waals surface area contributed by atoms with Crippen molar-refractivity contribution in [1.29, 1.82) is 0 Å². The molecule has 1 aromatic heterocycles. The van der Waals surface area contributed by atoms with Crippen molar-refractivity contribution >= 4 is 21.8 Å². The van der Waals surface area contributed by atoms with E-state index in [4.69, 9.17) is 0 Å². The Bertz CT molecular complexity index is 359. The van der Waals surface area contributed by atoms with Crippen LogP contribution >= 0.6 is 15.9 Å². The van der Waals surface area contributed by atoms with Gasteiger partial charge in [-0.15, -0.1) is 0 Å². The molecule has 0 fully saturated rings. The summed E-state index contributed by atoms with van der Waals surface area (Å²) in [5, 5.41) is 12.7. The minimum atomic E-state index is -0.806. The smallest absolute Gasteiger partial charge is 0.267 e. The van der Waals surface area contributed by atoms with Crippen LogP contribution in [0.2, 0.25) is 0 Å². The third-order valence-corrected chi connectivity index (χ3v) is 3.24. The first-order valence-corrected chi connectivity index (χ1v) is 6.14. The van der Waals surface area contributed by atoms with Gasteiger partial charge in [-0.05, 0) is 34.8 Å². The van der Waals surface area contributed by atoms with Gasteiger partial charge in [-0.1, -0.05) is 13.8 Å². The van der Waals surface area contributed by atoms with Crippen LogP contribution in [0.15, 0.2) is 16.7 Å². The molecule has 16 heavy (non-hydrogen) atoms.